The minimum atomic E-state index is -0.920. The van der Waals surface area contributed by atoms with E-state index in [1.54, 1.807) is 37.9 Å². The fourth-order valence-corrected chi connectivity index (χ4v) is 3.82. The van der Waals surface area contributed by atoms with Crippen molar-refractivity contribution in [2.75, 3.05) is 13.1 Å². The third-order valence-electron chi connectivity index (χ3n) is 5.11. The van der Waals surface area contributed by atoms with Crippen LogP contribution in [0.4, 0.5) is 9.59 Å². The number of amides is 3. The Hall–Kier alpha value is -3.60. The molecule has 2 aliphatic rings. The predicted octanol–water partition coefficient (Wildman–Crippen LogP) is 2.64. The van der Waals surface area contributed by atoms with E-state index in [9.17, 15) is 19.2 Å². The number of hydrogen-bond donors (Lipinski definition) is 2. The molecule has 0 spiro atoms. The molecule has 0 saturated carbocycles. The summed E-state index contributed by atoms with van der Waals surface area (Å²) in [4.78, 5) is 55.1. The van der Waals surface area contributed by atoms with Gasteiger partial charge in [-0.1, -0.05) is 51.1 Å². The Balaban J connectivity index is 1.65. The van der Waals surface area contributed by atoms with Crippen LogP contribution in [0.1, 0.15) is 47.1 Å². The van der Waals surface area contributed by atoms with Crippen molar-refractivity contribution in [3.63, 3.8) is 0 Å². The fourth-order valence-electron chi connectivity index (χ4n) is 3.82. The Morgan fingerprint density at radius 2 is 1.69 bits per heavy atom. The van der Waals surface area contributed by atoms with E-state index in [1.807, 2.05) is 44.5 Å². The zero-order chi connectivity index (χ0) is 26.0. The fraction of sp³-hybridized carbons (Fsp3) is 0.500. The normalized spacial score (nSPS) is 18.3. The number of carbonyl (C=O) groups is 4. The highest BCUT2D eigenvalue weighted by atomic mass is 16.7. The van der Waals surface area contributed by atoms with Crippen LogP contribution >= 0.6 is 0 Å². The van der Waals surface area contributed by atoms with Crippen molar-refractivity contribution in [2.24, 2.45) is 5.41 Å². The van der Waals surface area contributed by atoms with E-state index in [1.165, 1.54) is 5.01 Å². The number of ether oxygens (including phenoxy) is 2. The number of hydrogen-bond acceptors (Lipinski definition) is 8. The maximum atomic E-state index is 13.1. The lowest BCUT2D eigenvalue weighted by Gasteiger charge is -2.30. The molecule has 3 rings (SSSR count). The summed E-state index contributed by atoms with van der Waals surface area (Å²) in [5.74, 6) is -1.19. The summed E-state index contributed by atoms with van der Waals surface area (Å²) >= 11 is 0. The van der Waals surface area contributed by atoms with Gasteiger partial charge in [0.1, 0.15) is 18.2 Å². The average Bonchev–Trinajstić information content (AvgIpc) is 3.26. The monoisotopic (exact) mass is 488 g/mol. The minimum absolute atomic E-state index is 0.0161. The predicted molar refractivity (Wildman–Crippen MR) is 124 cm³/mol. The molecule has 190 valence electrons. The number of allylic oxidation sites excluding steroid dienone is 1. The second-order valence-corrected chi connectivity index (χ2v) is 10.3. The Kier molecular flexibility index (Phi) is 7.39. The minimum Gasteiger partial charge on any atom is -0.444 e. The molecule has 3 amide bonds. The summed E-state index contributed by atoms with van der Waals surface area (Å²) in [5.41, 5.74) is 2.11. The molecular formula is C24H32N4O7. The molecule has 1 aromatic rings. The SMILES string of the molecule is CC(C)(C)OC(=O)N[C@H]1CN2CC(C(=O)ONC(=O)OCc3ccccc3)=C(C(C)(C)C)N2C1=O. The Morgan fingerprint density at radius 3 is 2.29 bits per heavy atom. The van der Waals surface area contributed by atoms with Crippen LogP contribution in [0.25, 0.3) is 0 Å². The van der Waals surface area contributed by atoms with E-state index in [0.29, 0.717) is 5.70 Å². The molecule has 2 heterocycles. The molecule has 1 aromatic carbocycles. The molecule has 1 atom stereocenters. The number of benzene rings is 1. The van der Waals surface area contributed by atoms with E-state index in [2.05, 4.69) is 5.32 Å². The van der Waals surface area contributed by atoms with Crippen LogP contribution in [0.5, 0.6) is 0 Å². The summed E-state index contributed by atoms with van der Waals surface area (Å²) in [6.07, 6.45) is -1.62. The number of nitrogens with zero attached hydrogens (tertiary/aromatic N) is 2. The maximum absolute atomic E-state index is 13.1. The number of hydrazine groups is 1. The second kappa shape index (κ2) is 9.95. The highest BCUT2D eigenvalue weighted by molar-refractivity contribution is 5.95. The first-order chi connectivity index (χ1) is 16.3. The number of nitrogens with one attached hydrogen (secondary N) is 2. The quantitative estimate of drug-likeness (QED) is 0.489. The van der Waals surface area contributed by atoms with Crippen LogP contribution in [0.2, 0.25) is 0 Å². The lowest BCUT2D eigenvalue weighted by molar-refractivity contribution is -0.145. The van der Waals surface area contributed by atoms with Crippen LogP contribution in [-0.4, -0.2) is 58.8 Å². The maximum Gasteiger partial charge on any atom is 0.441 e. The van der Waals surface area contributed by atoms with E-state index >= 15 is 0 Å². The van der Waals surface area contributed by atoms with Crippen molar-refractivity contribution in [3.05, 3.63) is 47.2 Å². The standard InChI is InChI=1S/C24H32N4O7/c1-23(2,3)18-16(20(30)35-26-22(32)33-14-15-10-8-7-9-11-15)12-27-13-17(19(29)28(18)27)25-21(31)34-24(4,5)6/h7-11,17H,12-14H2,1-6H3,(H,25,31)(H,26,32)/t17-/m0/s1. The highest BCUT2D eigenvalue weighted by Crippen LogP contribution is 2.40. The first kappa shape index (κ1) is 26.0. The van der Waals surface area contributed by atoms with Crippen molar-refractivity contribution in [1.29, 1.82) is 0 Å². The van der Waals surface area contributed by atoms with E-state index < -0.39 is 35.2 Å². The van der Waals surface area contributed by atoms with Gasteiger partial charge in [0.25, 0.3) is 5.91 Å². The summed E-state index contributed by atoms with van der Waals surface area (Å²) in [5, 5.41) is 5.63. The number of hydroxylamine groups is 1. The third-order valence-corrected chi connectivity index (χ3v) is 5.11. The first-order valence-electron chi connectivity index (χ1n) is 11.3. The highest BCUT2D eigenvalue weighted by Gasteiger charge is 2.50. The third kappa shape index (κ3) is 6.50. The van der Waals surface area contributed by atoms with Crippen LogP contribution in [0.15, 0.2) is 41.6 Å². The van der Waals surface area contributed by atoms with Gasteiger partial charge in [0.05, 0.1) is 17.8 Å². The molecular weight excluding hydrogens is 456 g/mol. The van der Waals surface area contributed by atoms with Gasteiger partial charge in [0, 0.05) is 12.0 Å². The van der Waals surface area contributed by atoms with E-state index in [-0.39, 0.29) is 31.2 Å². The Labute approximate surface area is 204 Å². The average molecular weight is 489 g/mol. The van der Waals surface area contributed by atoms with Crippen molar-refractivity contribution in [2.45, 2.75) is 59.8 Å². The molecule has 0 aromatic heterocycles. The van der Waals surface area contributed by atoms with Gasteiger partial charge in [0.15, 0.2) is 0 Å². The Morgan fingerprint density at radius 1 is 1.03 bits per heavy atom. The zero-order valence-corrected chi connectivity index (χ0v) is 20.8. The van der Waals surface area contributed by atoms with Gasteiger partial charge >= 0.3 is 18.2 Å². The van der Waals surface area contributed by atoms with Crippen LogP contribution < -0.4 is 10.8 Å². The smallest absolute Gasteiger partial charge is 0.441 e. The topological polar surface area (TPSA) is 127 Å². The lowest BCUT2D eigenvalue weighted by Crippen LogP contribution is -2.45. The van der Waals surface area contributed by atoms with Crippen molar-refractivity contribution < 1.29 is 33.5 Å². The van der Waals surface area contributed by atoms with Crippen LogP contribution in [-0.2, 0) is 30.5 Å². The number of fused-ring (bicyclic) bond motifs is 1. The van der Waals surface area contributed by atoms with Gasteiger partial charge in [0.2, 0.25) is 0 Å². The van der Waals surface area contributed by atoms with Gasteiger partial charge in [-0.25, -0.2) is 24.4 Å². The molecule has 0 aliphatic carbocycles. The summed E-state index contributed by atoms with van der Waals surface area (Å²) < 4.78 is 10.3. The molecule has 11 nitrogen and oxygen atoms in total. The second-order valence-electron chi connectivity index (χ2n) is 10.3. The van der Waals surface area contributed by atoms with Gasteiger partial charge in [-0.2, -0.15) is 0 Å². The molecule has 0 bridgehead atoms. The molecule has 1 fully saturated rings. The van der Waals surface area contributed by atoms with Crippen molar-refractivity contribution in [3.8, 4) is 0 Å². The molecule has 0 radical (unpaired) electrons. The van der Waals surface area contributed by atoms with Gasteiger partial charge in [-0.3, -0.25) is 4.79 Å². The summed E-state index contributed by atoms with van der Waals surface area (Å²) in [7, 11) is 0. The summed E-state index contributed by atoms with van der Waals surface area (Å²) in [6, 6.07) is 8.23. The number of alkyl carbamates (subject to hydrolysis) is 1. The Bertz CT molecular complexity index is 1020. The lowest BCUT2D eigenvalue weighted by atomic mass is 9.88. The van der Waals surface area contributed by atoms with E-state index in [4.69, 9.17) is 14.3 Å². The van der Waals surface area contributed by atoms with Gasteiger partial charge in [-0.15, -0.1) is 5.48 Å². The van der Waals surface area contributed by atoms with Crippen molar-refractivity contribution in [1.82, 2.24) is 20.8 Å². The zero-order valence-electron chi connectivity index (χ0n) is 20.8. The van der Waals surface area contributed by atoms with E-state index in [0.717, 1.165) is 5.56 Å². The molecule has 2 aliphatic heterocycles. The van der Waals surface area contributed by atoms with Crippen molar-refractivity contribution >= 4 is 24.1 Å². The van der Waals surface area contributed by atoms with Gasteiger partial charge < -0.3 is 19.6 Å². The van der Waals surface area contributed by atoms with Crippen LogP contribution in [0.3, 0.4) is 0 Å². The van der Waals surface area contributed by atoms with Crippen LogP contribution in [0, 0.1) is 5.41 Å². The molecule has 2 N–H and O–H groups in total. The number of carbonyl (C=O) groups excluding carboxylic acids is 4. The molecule has 11 heteroatoms. The largest absolute Gasteiger partial charge is 0.444 e. The number of rotatable bonds is 4. The molecule has 0 unspecified atom stereocenters. The molecule has 35 heavy (non-hydrogen) atoms. The molecule has 1 saturated heterocycles. The summed E-state index contributed by atoms with van der Waals surface area (Å²) in [6.45, 7) is 11.0. The van der Waals surface area contributed by atoms with Gasteiger partial charge in [-0.05, 0) is 26.3 Å². The first-order valence-corrected chi connectivity index (χ1v) is 11.3.